The molecule has 1 aliphatic heterocycles. The predicted octanol–water partition coefficient (Wildman–Crippen LogP) is -0.689. The quantitative estimate of drug-likeness (QED) is 0.487. The van der Waals surface area contributed by atoms with Crippen LogP contribution in [0, 0.1) is 0 Å². The summed E-state index contributed by atoms with van der Waals surface area (Å²) in [6, 6.07) is 0. The molecular weight excluding hydrogens is 165 g/mol. The average molecular weight is 172 g/mol. The standard InChI is InChI=1S/C3H7N2.Ru/c1-2-5-3-4-1;/h4H,1-3H2;/q-1;+1. The van der Waals surface area contributed by atoms with Crippen molar-refractivity contribution in [3.63, 3.8) is 0 Å². The third-order valence-corrected chi connectivity index (χ3v) is 1.47. The van der Waals surface area contributed by atoms with Crippen molar-refractivity contribution in [1.29, 1.82) is 0 Å². The topological polar surface area (TPSA) is 15.3 Å². The number of hydrogen-bond acceptors (Lipinski definition) is 2. The first-order valence-electron chi connectivity index (χ1n) is 2.00. The van der Waals surface area contributed by atoms with E-state index in [2.05, 4.69) is 27.5 Å². The summed E-state index contributed by atoms with van der Waals surface area (Å²) >= 11 is 2.56. The molecule has 0 radical (unpaired) electrons. The summed E-state index contributed by atoms with van der Waals surface area (Å²) in [7, 11) is 0. The van der Waals surface area contributed by atoms with Crippen LogP contribution in [0.4, 0.5) is 0 Å². The molecule has 6 heavy (non-hydrogen) atoms. The fourth-order valence-electron chi connectivity index (χ4n) is 0.474. The van der Waals surface area contributed by atoms with Crippen molar-refractivity contribution in [1.82, 2.24) is 8.96 Å². The molecule has 37 valence electrons. The first-order valence-corrected chi connectivity index (χ1v) is 2.77. The third kappa shape index (κ3) is 1.00. The Balaban J connectivity index is 2.18. The second kappa shape index (κ2) is 2.01. The van der Waals surface area contributed by atoms with Gasteiger partial charge in [0.2, 0.25) is 0 Å². The maximum atomic E-state index is 3.18. The molecule has 0 unspecified atom stereocenters. The average Bonchev–Trinajstić information content (AvgIpc) is 1.86. The second-order valence-corrected chi connectivity index (χ2v) is 2.43. The molecule has 1 rings (SSSR count). The molecule has 0 spiro atoms. The van der Waals surface area contributed by atoms with Gasteiger partial charge in [-0.05, 0) is 0 Å². The summed E-state index contributed by atoms with van der Waals surface area (Å²) in [4.78, 5) is 0. The van der Waals surface area contributed by atoms with Crippen molar-refractivity contribution in [3.05, 3.63) is 0 Å². The Kier molecular flexibility index (Phi) is 1.57. The van der Waals surface area contributed by atoms with E-state index in [9.17, 15) is 0 Å². The molecular formula is C3H7N2Ru. The molecule has 0 aromatic carbocycles. The Hall–Kier alpha value is 0.543. The van der Waals surface area contributed by atoms with E-state index in [1.54, 1.807) is 0 Å². The van der Waals surface area contributed by atoms with Gasteiger partial charge in [0.1, 0.15) is 0 Å². The summed E-state index contributed by atoms with van der Waals surface area (Å²) in [5.41, 5.74) is 0. The Morgan fingerprint density at radius 3 is 2.67 bits per heavy atom. The summed E-state index contributed by atoms with van der Waals surface area (Å²) < 4.78 is 2.18. The molecule has 1 aliphatic rings. The van der Waals surface area contributed by atoms with E-state index in [1.165, 1.54) is 6.54 Å². The number of hydrogen-bond donors (Lipinski definition) is 1. The molecule has 0 aromatic rings. The van der Waals surface area contributed by atoms with Crippen LogP contribution < -0.4 is 5.32 Å². The van der Waals surface area contributed by atoms with Crippen LogP contribution in [0.1, 0.15) is 0 Å². The normalized spacial score (nSPS) is 25.5. The fraction of sp³-hybridized carbons (Fsp3) is 1.00. The Morgan fingerprint density at radius 2 is 2.50 bits per heavy atom. The van der Waals surface area contributed by atoms with Gasteiger partial charge < -0.3 is 0 Å². The molecule has 0 saturated carbocycles. The molecule has 0 amide bonds. The van der Waals surface area contributed by atoms with Crippen molar-refractivity contribution in [2.45, 2.75) is 0 Å². The number of rotatable bonds is 0. The van der Waals surface area contributed by atoms with Gasteiger partial charge in [0, 0.05) is 0 Å². The molecule has 0 aromatic heterocycles. The number of nitrogens with zero attached hydrogens (tertiary/aromatic N) is 1. The molecule has 1 N–H and O–H groups in total. The zero-order valence-electron chi connectivity index (χ0n) is 3.42. The first kappa shape index (κ1) is 4.70. The van der Waals surface area contributed by atoms with E-state index in [-0.39, 0.29) is 0 Å². The van der Waals surface area contributed by atoms with Gasteiger partial charge in [0.15, 0.2) is 0 Å². The van der Waals surface area contributed by atoms with Crippen molar-refractivity contribution >= 4 is 0 Å². The SMILES string of the molecule is [Ru][N]1CCNC1. The summed E-state index contributed by atoms with van der Waals surface area (Å²) in [6.45, 7) is 3.36. The van der Waals surface area contributed by atoms with Crippen LogP contribution in [0.25, 0.3) is 0 Å². The Bertz CT molecular complexity index is 42.1. The summed E-state index contributed by atoms with van der Waals surface area (Å²) in [5, 5.41) is 3.18. The van der Waals surface area contributed by atoms with Crippen LogP contribution in [-0.4, -0.2) is 23.4 Å². The zero-order chi connectivity index (χ0) is 4.41. The van der Waals surface area contributed by atoms with E-state index in [4.69, 9.17) is 0 Å². The van der Waals surface area contributed by atoms with Crippen LogP contribution >= 0.6 is 0 Å². The summed E-state index contributed by atoms with van der Waals surface area (Å²) in [5.74, 6) is 0. The van der Waals surface area contributed by atoms with Gasteiger partial charge in [0.05, 0.1) is 0 Å². The van der Waals surface area contributed by atoms with Crippen LogP contribution in [0.15, 0.2) is 0 Å². The van der Waals surface area contributed by atoms with E-state index >= 15 is 0 Å². The van der Waals surface area contributed by atoms with Gasteiger partial charge in [-0.2, -0.15) is 0 Å². The Morgan fingerprint density at radius 1 is 1.67 bits per heavy atom. The molecule has 3 heteroatoms. The van der Waals surface area contributed by atoms with Crippen molar-refractivity contribution in [2.75, 3.05) is 19.8 Å². The van der Waals surface area contributed by atoms with Gasteiger partial charge in [-0.15, -0.1) is 0 Å². The van der Waals surface area contributed by atoms with Crippen LogP contribution in [0.3, 0.4) is 0 Å². The molecule has 1 heterocycles. The molecule has 2 nitrogen and oxygen atoms in total. The van der Waals surface area contributed by atoms with Crippen LogP contribution in [0.5, 0.6) is 0 Å². The van der Waals surface area contributed by atoms with Crippen LogP contribution in [0.2, 0.25) is 0 Å². The molecule has 1 saturated heterocycles. The molecule has 1 fully saturated rings. The van der Waals surface area contributed by atoms with E-state index in [0.717, 1.165) is 13.2 Å². The van der Waals surface area contributed by atoms with Crippen molar-refractivity contribution in [3.8, 4) is 0 Å². The van der Waals surface area contributed by atoms with Gasteiger partial charge in [-0.1, -0.05) is 0 Å². The molecule has 0 aliphatic carbocycles. The zero-order valence-corrected chi connectivity index (χ0v) is 5.16. The van der Waals surface area contributed by atoms with Crippen molar-refractivity contribution < 1.29 is 18.5 Å². The second-order valence-electron chi connectivity index (χ2n) is 1.33. The maximum absolute atomic E-state index is 3.18. The fourth-order valence-corrected chi connectivity index (χ4v) is 0.863. The van der Waals surface area contributed by atoms with E-state index < -0.39 is 0 Å². The van der Waals surface area contributed by atoms with E-state index in [0.29, 0.717) is 0 Å². The predicted molar refractivity (Wildman–Crippen MR) is 19.6 cm³/mol. The summed E-state index contributed by atoms with van der Waals surface area (Å²) in [6.07, 6.45) is 0. The van der Waals surface area contributed by atoms with Crippen molar-refractivity contribution in [2.24, 2.45) is 0 Å². The third-order valence-electron chi connectivity index (χ3n) is 0.805. The van der Waals surface area contributed by atoms with Gasteiger partial charge in [-0.3, -0.25) is 0 Å². The molecule has 0 atom stereocenters. The number of nitrogens with one attached hydrogen (secondary N) is 1. The van der Waals surface area contributed by atoms with Gasteiger partial charge in [0.25, 0.3) is 0 Å². The van der Waals surface area contributed by atoms with Gasteiger partial charge in [-0.25, -0.2) is 0 Å². The minimum atomic E-state index is 1.04. The molecule has 0 bridgehead atoms. The monoisotopic (exact) mass is 173 g/mol. The van der Waals surface area contributed by atoms with E-state index in [1.807, 2.05) is 0 Å². The van der Waals surface area contributed by atoms with Gasteiger partial charge >= 0.3 is 47.3 Å². The minimum absolute atomic E-state index is 1.04. The first-order chi connectivity index (χ1) is 2.89. The Labute approximate surface area is 47.8 Å². The van der Waals surface area contributed by atoms with Crippen LogP contribution in [-0.2, 0) is 18.5 Å².